The second kappa shape index (κ2) is 6.81. The van der Waals surface area contributed by atoms with Gasteiger partial charge in [-0.1, -0.05) is 0 Å². The first-order valence-corrected chi connectivity index (χ1v) is 7.82. The van der Waals surface area contributed by atoms with Crippen LogP contribution >= 0.6 is 0 Å². The van der Waals surface area contributed by atoms with E-state index in [2.05, 4.69) is 0 Å². The number of hydrogen-bond acceptors (Lipinski definition) is 5. The second-order valence-electron chi connectivity index (χ2n) is 4.61. The lowest BCUT2D eigenvalue weighted by atomic mass is 9.95. The third-order valence-corrected chi connectivity index (χ3v) is 4.87. The molecule has 7 heteroatoms. The molecule has 6 nitrogen and oxygen atoms in total. The van der Waals surface area contributed by atoms with Gasteiger partial charge in [-0.15, -0.1) is 0 Å². The fraction of sp³-hybridized carbons (Fsp3) is 1.00. The average molecular weight is 281 g/mol. The van der Waals surface area contributed by atoms with Gasteiger partial charge in [0.05, 0.1) is 18.0 Å². The van der Waals surface area contributed by atoms with Crippen molar-refractivity contribution in [2.24, 2.45) is 0 Å². The van der Waals surface area contributed by atoms with Crippen LogP contribution in [0.25, 0.3) is 0 Å². The van der Waals surface area contributed by atoms with E-state index in [1.54, 1.807) is 0 Å². The molecule has 18 heavy (non-hydrogen) atoms. The van der Waals surface area contributed by atoms with E-state index in [1.807, 2.05) is 6.92 Å². The Bertz CT molecular complexity index is 337. The first kappa shape index (κ1) is 15.8. The Kier molecular flexibility index (Phi) is 6.00. The van der Waals surface area contributed by atoms with Crippen molar-refractivity contribution < 1.29 is 23.0 Å². The molecular formula is C11H23NO5S. The highest BCUT2D eigenvalue weighted by Crippen LogP contribution is 2.22. The van der Waals surface area contributed by atoms with E-state index in [-0.39, 0.29) is 18.9 Å². The molecule has 1 fully saturated rings. The molecule has 108 valence electrons. The summed E-state index contributed by atoms with van der Waals surface area (Å²) in [7, 11) is -1.87. The molecule has 0 saturated carbocycles. The maximum atomic E-state index is 11.9. The van der Waals surface area contributed by atoms with E-state index in [0.717, 1.165) is 0 Å². The maximum Gasteiger partial charge on any atom is 0.216 e. The van der Waals surface area contributed by atoms with E-state index in [1.165, 1.54) is 11.4 Å². The topological polar surface area (TPSA) is 76.1 Å². The Morgan fingerprint density at radius 1 is 1.39 bits per heavy atom. The fourth-order valence-corrected chi connectivity index (χ4v) is 2.96. The first-order chi connectivity index (χ1) is 8.40. The van der Waals surface area contributed by atoms with Crippen molar-refractivity contribution in [2.75, 3.05) is 45.8 Å². The summed E-state index contributed by atoms with van der Waals surface area (Å²) in [5.41, 5.74) is -0.967. The van der Waals surface area contributed by atoms with Gasteiger partial charge in [0, 0.05) is 46.3 Å². The molecule has 1 aliphatic heterocycles. The molecule has 0 bridgehead atoms. The average Bonchev–Trinajstić information content (AvgIpc) is 2.29. The minimum Gasteiger partial charge on any atom is -0.388 e. The van der Waals surface area contributed by atoms with Crippen LogP contribution in [0.3, 0.4) is 0 Å². The lowest BCUT2D eigenvalue weighted by Crippen LogP contribution is -2.48. The third-order valence-electron chi connectivity index (χ3n) is 3.11. The van der Waals surface area contributed by atoms with Gasteiger partial charge < -0.3 is 14.6 Å². The van der Waals surface area contributed by atoms with Crippen molar-refractivity contribution in [3.05, 3.63) is 0 Å². The van der Waals surface area contributed by atoms with Gasteiger partial charge >= 0.3 is 0 Å². The summed E-state index contributed by atoms with van der Waals surface area (Å²) in [6.07, 6.45) is 0.941. The Labute approximate surface area is 109 Å². The number of aliphatic hydroxyl groups is 1. The molecular weight excluding hydrogens is 258 g/mol. The predicted molar refractivity (Wildman–Crippen MR) is 67.9 cm³/mol. The molecule has 1 rings (SSSR count). The molecule has 0 aliphatic carbocycles. The molecule has 0 aromatic heterocycles. The molecule has 0 spiro atoms. The number of rotatable bonds is 7. The van der Waals surface area contributed by atoms with E-state index >= 15 is 0 Å². The summed E-state index contributed by atoms with van der Waals surface area (Å²) in [6.45, 7) is 3.57. The Hall–Kier alpha value is -0.210. The van der Waals surface area contributed by atoms with Gasteiger partial charge in [-0.05, 0) is 6.92 Å². The summed E-state index contributed by atoms with van der Waals surface area (Å²) < 4.78 is 35.3. The highest BCUT2D eigenvalue weighted by Gasteiger charge is 2.34. The smallest absolute Gasteiger partial charge is 0.216 e. The molecule has 1 N–H and O–H groups in total. The number of hydrogen-bond donors (Lipinski definition) is 1. The highest BCUT2D eigenvalue weighted by atomic mass is 32.2. The number of likely N-dealkylation sites (N-methyl/N-ethyl adjacent to an activating group) is 1. The molecule has 1 heterocycles. The van der Waals surface area contributed by atoms with Crippen LogP contribution in [0.4, 0.5) is 0 Å². The van der Waals surface area contributed by atoms with Gasteiger partial charge in [0.1, 0.15) is 0 Å². The quantitative estimate of drug-likeness (QED) is 0.656. The zero-order valence-corrected chi connectivity index (χ0v) is 11.9. The van der Waals surface area contributed by atoms with Gasteiger partial charge in [0.15, 0.2) is 0 Å². The van der Waals surface area contributed by atoms with Crippen LogP contribution in [0.1, 0.15) is 19.8 Å². The molecule has 0 aromatic carbocycles. The van der Waals surface area contributed by atoms with E-state index in [4.69, 9.17) is 9.47 Å². The van der Waals surface area contributed by atoms with Gasteiger partial charge in [0.2, 0.25) is 10.0 Å². The summed E-state index contributed by atoms with van der Waals surface area (Å²) in [5.74, 6) is -0.0517. The van der Waals surface area contributed by atoms with Crippen molar-refractivity contribution >= 4 is 10.0 Å². The Morgan fingerprint density at radius 2 is 2.00 bits per heavy atom. The zero-order chi connectivity index (χ0) is 13.6. The molecule has 0 unspecified atom stereocenters. The lowest BCUT2D eigenvalue weighted by molar-refractivity contribution is -0.0689. The maximum absolute atomic E-state index is 11.9. The third kappa shape index (κ3) is 4.81. The van der Waals surface area contributed by atoms with E-state index < -0.39 is 15.6 Å². The van der Waals surface area contributed by atoms with Crippen LogP contribution in [0.5, 0.6) is 0 Å². The van der Waals surface area contributed by atoms with Gasteiger partial charge in [-0.25, -0.2) is 12.7 Å². The molecule has 1 saturated heterocycles. The molecule has 0 atom stereocenters. The summed E-state index contributed by atoms with van der Waals surface area (Å²) in [6, 6.07) is 0. The van der Waals surface area contributed by atoms with Crippen LogP contribution in [-0.2, 0) is 19.5 Å². The van der Waals surface area contributed by atoms with Crippen molar-refractivity contribution in [1.82, 2.24) is 4.31 Å². The van der Waals surface area contributed by atoms with Crippen LogP contribution in [0, 0.1) is 0 Å². The van der Waals surface area contributed by atoms with E-state index in [9.17, 15) is 13.5 Å². The van der Waals surface area contributed by atoms with E-state index in [0.29, 0.717) is 32.7 Å². The Morgan fingerprint density at radius 3 is 2.56 bits per heavy atom. The number of ether oxygens (including phenoxy) is 2. The Balaban J connectivity index is 2.49. The molecule has 0 aromatic rings. The summed E-state index contributed by atoms with van der Waals surface area (Å²) in [5, 5.41) is 10.3. The van der Waals surface area contributed by atoms with Gasteiger partial charge in [0.25, 0.3) is 0 Å². The van der Waals surface area contributed by atoms with Gasteiger partial charge in [-0.3, -0.25) is 0 Å². The van der Waals surface area contributed by atoms with Crippen LogP contribution in [0.15, 0.2) is 0 Å². The van der Waals surface area contributed by atoms with Crippen LogP contribution < -0.4 is 0 Å². The van der Waals surface area contributed by atoms with Crippen molar-refractivity contribution in [2.45, 2.75) is 25.4 Å². The molecule has 1 aliphatic rings. The molecule has 0 radical (unpaired) electrons. The SMILES string of the molecule is CCOCCS(=O)(=O)N(C)CC1(O)CCOCC1. The normalized spacial score (nSPS) is 20.2. The number of sulfonamides is 1. The van der Waals surface area contributed by atoms with Crippen molar-refractivity contribution in [3.63, 3.8) is 0 Å². The zero-order valence-electron chi connectivity index (χ0n) is 11.1. The van der Waals surface area contributed by atoms with Crippen LogP contribution in [-0.4, -0.2) is 69.2 Å². The highest BCUT2D eigenvalue weighted by molar-refractivity contribution is 7.89. The fourth-order valence-electron chi connectivity index (χ4n) is 1.89. The monoisotopic (exact) mass is 281 g/mol. The minimum absolute atomic E-state index is 0.0517. The summed E-state index contributed by atoms with van der Waals surface area (Å²) in [4.78, 5) is 0. The molecule has 0 amide bonds. The van der Waals surface area contributed by atoms with Crippen LogP contribution in [0.2, 0.25) is 0 Å². The largest absolute Gasteiger partial charge is 0.388 e. The van der Waals surface area contributed by atoms with Crippen molar-refractivity contribution in [3.8, 4) is 0 Å². The second-order valence-corrected chi connectivity index (χ2v) is 6.80. The van der Waals surface area contributed by atoms with Gasteiger partial charge in [-0.2, -0.15) is 0 Å². The lowest BCUT2D eigenvalue weighted by Gasteiger charge is -2.35. The standard InChI is InChI=1S/C11H23NO5S/c1-3-16-8-9-18(14,15)12(2)10-11(13)4-6-17-7-5-11/h13H,3-10H2,1-2H3. The summed E-state index contributed by atoms with van der Waals surface area (Å²) >= 11 is 0. The minimum atomic E-state index is -3.36. The predicted octanol–water partition coefficient (Wildman–Crippen LogP) is -0.174. The van der Waals surface area contributed by atoms with Crippen molar-refractivity contribution in [1.29, 1.82) is 0 Å². The first-order valence-electron chi connectivity index (χ1n) is 6.21. The number of nitrogens with zero attached hydrogens (tertiary/aromatic N) is 1.